The first-order chi connectivity index (χ1) is 11.9. The molecule has 25 heavy (non-hydrogen) atoms. The van der Waals surface area contributed by atoms with Crippen LogP contribution in [0.1, 0.15) is 11.1 Å². The molecule has 0 aliphatic carbocycles. The standard InChI is InChI=1S/C18H14N2O4S/c1-11-7-8-12(2)16(9-11)25(22,23)20-10-14-17(19-20)13-5-3-4-6-15(13)24-18(14)21/h3-10H,1-2H3. The predicted molar refractivity (Wildman–Crippen MR) is 94.3 cm³/mol. The summed E-state index contributed by atoms with van der Waals surface area (Å²) in [5.41, 5.74) is 1.50. The van der Waals surface area contributed by atoms with Gasteiger partial charge in [-0.1, -0.05) is 24.3 Å². The second kappa shape index (κ2) is 5.29. The van der Waals surface area contributed by atoms with Crippen LogP contribution in [0.15, 0.2) is 62.8 Å². The van der Waals surface area contributed by atoms with Crippen LogP contribution < -0.4 is 5.63 Å². The summed E-state index contributed by atoms with van der Waals surface area (Å²) in [6.07, 6.45) is 1.21. The van der Waals surface area contributed by atoms with Gasteiger partial charge in [0.1, 0.15) is 16.5 Å². The zero-order valence-corrected chi connectivity index (χ0v) is 14.4. The van der Waals surface area contributed by atoms with Crippen LogP contribution in [0.3, 0.4) is 0 Å². The lowest BCUT2D eigenvalue weighted by atomic mass is 10.2. The maximum Gasteiger partial charge on any atom is 0.347 e. The minimum atomic E-state index is -3.91. The number of hydrogen-bond donors (Lipinski definition) is 0. The maximum atomic E-state index is 13.0. The summed E-state index contributed by atoms with van der Waals surface area (Å²) in [5.74, 6) is 0. The van der Waals surface area contributed by atoms with Gasteiger partial charge in [-0.15, -0.1) is 0 Å². The van der Waals surface area contributed by atoms with Crippen molar-refractivity contribution < 1.29 is 12.8 Å². The van der Waals surface area contributed by atoms with Crippen molar-refractivity contribution in [2.75, 3.05) is 0 Å². The van der Waals surface area contributed by atoms with Crippen LogP contribution in [-0.2, 0) is 10.0 Å². The van der Waals surface area contributed by atoms with Gasteiger partial charge in [0.05, 0.1) is 11.1 Å². The van der Waals surface area contributed by atoms with E-state index in [1.807, 2.05) is 13.0 Å². The highest BCUT2D eigenvalue weighted by Crippen LogP contribution is 2.24. The Labute approximate surface area is 143 Å². The lowest BCUT2D eigenvalue weighted by Gasteiger charge is -2.08. The fraction of sp³-hybridized carbons (Fsp3) is 0.111. The molecule has 126 valence electrons. The summed E-state index contributed by atoms with van der Waals surface area (Å²) in [7, 11) is -3.91. The average Bonchev–Trinajstić information content (AvgIpc) is 3.04. The van der Waals surface area contributed by atoms with Gasteiger partial charge in [0, 0.05) is 5.39 Å². The first-order valence-corrected chi connectivity index (χ1v) is 9.06. The van der Waals surface area contributed by atoms with E-state index in [1.54, 1.807) is 43.3 Å². The van der Waals surface area contributed by atoms with Gasteiger partial charge in [-0.25, -0.2) is 4.79 Å². The van der Waals surface area contributed by atoms with Crippen molar-refractivity contribution in [3.63, 3.8) is 0 Å². The second-order valence-electron chi connectivity index (χ2n) is 5.92. The number of para-hydroxylation sites is 1. The molecule has 0 N–H and O–H groups in total. The van der Waals surface area contributed by atoms with Crippen LogP contribution in [0, 0.1) is 13.8 Å². The number of aryl methyl sites for hydroxylation is 2. The van der Waals surface area contributed by atoms with Crippen molar-refractivity contribution in [2.24, 2.45) is 0 Å². The van der Waals surface area contributed by atoms with E-state index >= 15 is 0 Å². The highest BCUT2D eigenvalue weighted by atomic mass is 32.2. The lowest BCUT2D eigenvalue weighted by Crippen LogP contribution is -2.15. The molecule has 0 spiro atoms. The Morgan fingerprint density at radius 3 is 2.60 bits per heavy atom. The molecule has 2 aromatic heterocycles. The monoisotopic (exact) mass is 354 g/mol. The van der Waals surface area contributed by atoms with E-state index in [1.165, 1.54) is 6.20 Å². The van der Waals surface area contributed by atoms with E-state index in [2.05, 4.69) is 5.10 Å². The molecule has 2 heterocycles. The van der Waals surface area contributed by atoms with Gasteiger partial charge in [0.15, 0.2) is 0 Å². The van der Waals surface area contributed by atoms with Crippen LogP contribution in [0.25, 0.3) is 21.9 Å². The van der Waals surface area contributed by atoms with Crippen molar-refractivity contribution in [3.8, 4) is 0 Å². The third-order valence-electron chi connectivity index (χ3n) is 4.13. The van der Waals surface area contributed by atoms with E-state index in [4.69, 9.17) is 4.42 Å². The lowest BCUT2D eigenvalue weighted by molar-refractivity contribution is 0.569. The predicted octanol–water partition coefficient (Wildman–Crippen LogP) is 3.00. The highest BCUT2D eigenvalue weighted by Gasteiger charge is 2.23. The Kier molecular flexibility index (Phi) is 3.30. The van der Waals surface area contributed by atoms with Crippen molar-refractivity contribution in [2.45, 2.75) is 18.7 Å². The summed E-state index contributed by atoms with van der Waals surface area (Å²) in [6, 6.07) is 12.1. The summed E-state index contributed by atoms with van der Waals surface area (Å²) < 4.78 is 32.1. The molecule has 0 aliphatic heterocycles. The molecule has 2 aromatic carbocycles. The molecule has 0 saturated carbocycles. The molecule has 0 bridgehead atoms. The molecule has 0 aliphatic rings. The normalized spacial score (nSPS) is 12.1. The molecule has 6 nitrogen and oxygen atoms in total. The van der Waals surface area contributed by atoms with Gasteiger partial charge in [0.25, 0.3) is 10.0 Å². The Balaban J connectivity index is 2.05. The molecular formula is C18H14N2O4S. The Bertz CT molecular complexity index is 1300. The van der Waals surface area contributed by atoms with E-state index in [0.717, 1.165) is 9.65 Å². The van der Waals surface area contributed by atoms with Crippen LogP contribution in [-0.4, -0.2) is 17.6 Å². The first-order valence-electron chi connectivity index (χ1n) is 7.62. The van der Waals surface area contributed by atoms with Crippen molar-refractivity contribution in [1.29, 1.82) is 0 Å². The van der Waals surface area contributed by atoms with E-state index < -0.39 is 15.6 Å². The molecule has 4 rings (SSSR count). The third-order valence-corrected chi connectivity index (χ3v) is 5.80. The quantitative estimate of drug-likeness (QED) is 0.517. The zero-order chi connectivity index (χ0) is 17.8. The van der Waals surface area contributed by atoms with E-state index in [9.17, 15) is 13.2 Å². The summed E-state index contributed by atoms with van der Waals surface area (Å²) in [4.78, 5) is 12.3. The van der Waals surface area contributed by atoms with Crippen molar-refractivity contribution in [1.82, 2.24) is 9.19 Å². The summed E-state index contributed by atoms with van der Waals surface area (Å²) >= 11 is 0. The van der Waals surface area contributed by atoms with Gasteiger partial charge < -0.3 is 4.42 Å². The topological polar surface area (TPSA) is 82.2 Å². The number of nitrogens with zero attached hydrogens (tertiary/aromatic N) is 2. The van der Waals surface area contributed by atoms with Crippen molar-refractivity contribution in [3.05, 3.63) is 70.2 Å². The van der Waals surface area contributed by atoms with E-state index in [-0.39, 0.29) is 10.3 Å². The van der Waals surface area contributed by atoms with Crippen LogP contribution >= 0.6 is 0 Å². The van der Waals surface area contributed by atoms with Gasteiger partial charge in [-0.2, -0.15) is 17.6 Å². The summed E-state index contributed by atoms with van der Waals surface area (Å²) in [5, 5.41) is 4.91. The van der Waals surface area contributed by atoms with Gasteiger partial charge >= 0.3 is 5.63 Å². The fourth-order valence-corrected chi connectivity index (χ4v) is 4.26. The number of rotatable bonds is 2. The Hall–Kier alpha value is -2.93. The third kappa shape index (κ3) is 2.35. The molecule has 0 fully saturated rings. The SMILES string of the molecule is Cc1ccc(C)c(S(=O)(=O)n2cc3c(=O)oc4ccccc4c3n2)c1. The van der Waals surface area contributed by atoms with Gasteiger partial charge in [0.2, 0.25) is 0 Å². The minimum Gasteiger partial charge on any atom is -0.422 e. The van der Waals surface area contributed by atoms with Gasteiger partial charge in [-0.05, 0) is 43.2 Å². The number of aromatic nitrogens is 2. The smallest absolute Gasteiger partial charge is 0.347 e. The van der Waals surface area contributed by atoms with Crippen LogP contribution in [0.5, 0.6) is 0 Å². The van der Waals surface area contributed by atoms with Crippen LogP contribution in [0.2, 0.25) is 0 Å². The molecule has 4 aromatic rings. The zero-order valence-electron chi connectivity index (χ0n) is 13.6. The molecule has 0 unspecified atom stereocenters. The number of fused-ring (bicyclic) bond motifs is 3. The average molecular weight is 354 g/mol. The minimum absolute atomic E-state index is 0.132. The largest absolute Gasteiger partial charge is 0.422 e. The Morgan fingerprint density at radius 2 is 1.80 bits per heavy atom. The van der Waals surface area contributed by atoms with Crippen LogP contribution in [0.4, 0.5) is 0 Å². The van der Waals surface area contributed by atoms with Gasteiger partial charge in [-0.3, -0.25) is 0 Å². The molecule has 0 radical (unpaired) electrons. The molecule has 0 saturated heterocycles. The maximum absolute atomic E-state index is 13.0. The molecule has 7 heteroatoms. The van der Waals surface area contributed by atoms with E-state index in [0.29, 0.717) is 22.0 Å². The fourth-order valence-electron chi connectivity index (χ4n) is 2.82. The van der Waals surface area contributed by atoms with Crippen molar-refractivity contribution >= 4 is 31.9 Å². The molecule has 0 amide bonds. The molecular weight excluding hydrogens is 340 g/mol. The highest BCUT2D eigenvalue weighted by molar-refractivity contribution is 7.89. The number of hydrogen-bond acceptors (Lipinski definition) is 5. The Morgan fingerprint density at radius 1 is 1.04 bits per heavy atom. The molecule has 0 atom stereocenters. The summed E-state index contributed by atoms with van der Waals surface area (Å²) in [6.45, 7) is 3.54. The first kappa shape index (κ1) is 15.6. The second-order valence-corrected chi connectivity index (χ2v) is 7.69. The number of benzene rings is 2.